The topological polar surface area (TPSA) is 52.3 Å². The summed E-state index contributed by atoms with van der Waals surface area (Å²) in [6, 6.07) is 7.34. The number of methoxy groups -OCH3 is 1. The molecule has 0 heterocycles. The Kier molecular flexibility index (Phi) is 4.31. The van der Waals surface area contributed by atoms with Crippen LogP contribution in [0.3, 0.4) is 0 Å². The smallest absolute Gasteiger partial charge is 0.149 e. The Labute approximate surface area is 90.2 Å². The van der Waals surface area contributed by atoms with Crippen LogP contribution < -0.4 is 10.5 Å². The first-order chi connectivity index (χ1) is 7.15. The second kappa shape index (κ2) is 5.51. The largest absolute Gasteiger partial charge is 0.496 e. The van der Waals surface area contributed by atoms with Crippen LogP contribution in [0.2, 0.25) is 0 Å². The van der Waals surface area contributed by atoms with Crippen LogP contribution in [0, 0.1) is 0 Å². The van der Waals surface area contributed by atoms with E-state index in [9.17, 15) is 4.79 Å². The minimum absolute atomic E-state index is 0.0842. The van der Waals surface area contributed by atoms with E-state index in [2.05, 4.69) is 0 Å². The number of carbonyl (C=O) groups is 1. The fourth-order valence-corrected chi connectivity index (χ4v) is 1.40. The molecule has 1 rings (SSSR count). The number of ether oxygens (including phenoxy) is 1. The van der Waals surface area contributed by atoms with Gasteiger partial charge in [0.15, 0.2) is 0 Å². The maximum atomic E-state index is 11.3. The van der Waals surface area contributed by atoms with Gasteiger partial charge in [0, 0.05) is 6.42 Å². The van der Waals surface area contributed by atoms with E-state index in [4.69, 9.17) is 10.5 Å². The molecule has 0 bridgehead atoms. The van der Waals surface area contributed by atoms with Crippen LogP contribution in [0.4, 0.5) is 0 Å². The average Bonchev–Trinajstić information content (AvgIpc) is 2.26. The molecule has 0 aliphatic carbocycles. The first kappa shape index (κ1) is 11.7. The molecule has 0 saturated carbocycles. The Morgan fingerprint density at radius 1 is 1.47 bits per heavy atom. The SMILES string of the molecule is COc1ccccc1CCC(=O)C(C)N. The van der Waals surface area contributed by atoms with Gasteiger partial charge in [0.1, 0.15) is 11.5 Å². The predicted octanol–water partition coefficient (Wildman–Crippen LogP) is 1.54. The van der Waals surface area contributed by atoms with Crippen molar-refractivity contribution in [1.29, 1.82) is 0 Å². The molecule has 15 heavy (non-hydrogen) atoms. The van der Waals surface area contributed by atoms with Gasteiger partial charge in [-0.1, -0.05) is 18.2 Å². The number of para-hydroxylation sites is 1. The summed E-state index contributed by atoms with van der Waals surface area (Å²) in [4.78, 5) is 11.3. The third kappa shape index (κ3) is 3.36. The maximum Gasteiger partial charge on any atom is 0.149 e. The second-order valence-electron chi connectivity index (χ2n) is 3.57. The molecule has 0 aliphatic rings. The monoisotopic (exact) mass is 207 g/mol. The average molecular weight is 207 g/mol. The molecule has 0 saturated heterocycles. The highest BCUT2D eigenvalue weighted by atomic mass is 16.5. The van der Waals surface area contributed by atoms with E-state index in [1.165, 1.54) is 0 Å². The molecule has 1 atom stereocenters. The number of hydrogen-bond donors (Lipinski definition) is 1. The van der Waals surface area contributed by atoms with Crippen molar-refractivity contribution in [3.05, 3.63) is 29.8 Å². The van der Waals surface area contributed by atoms with Gasteiger partial charge in [-0.3, -0.25) is 4.79 Å². The number of benzene rings is 1. The van der Waals surface area contributed by atoms with Crippen molar-refractivity contribution in [3.8, 4) is 5.75 Å². The molecule has 1 aromatic carbocycles. The van der Waals surface area contributed by atoms with Crippen molar-refractivity contribution < 1.29 is 9.53 Å². The lowest BCUT2D eigenvalue weighted by molar-refractivity contribution is -0.119. The van der Waals surface area contributed by atoms with Gasteiger partial charge in [0.05, 0.1) is 13.2 Å². The van der Waals surface area contributed by atoms with Crippen LogP contribution in [-0.2, 0) is 11.2 Å². The molecule has 1 unspecified atom stereocenters. The molecule has 3 nitrogen and oxygen atoms in total. The first-order valence-electron chi connectivity index (χ1n) is 5.05. The summed E-state index contributed by atoms with van der Waals surface area (Å²) in [5, 5.41) is 0. The number of rotatable bonds is 5. The normalized spacial score (nSPS) is 12.2. The number of nitrogens with two attached hydrogens (primary N) is 1. The van der Waals surface area contributed by atoms with Crippen molar-refractivity contribution >= 4 is 5.78 Å². The molecule has 0 aromatic heterocycles. The molecule has 3 heteroatoms. The Morgan fingerprint density at radius 2 is 2.13 bits per heavy atom. The van der Waals surface area contributed by atoms with Gasteiger partial charge in [0.25, 0.3) is 0 Å². The van der Waals surface area contributed by atoms with Crippen LogP contribution in [0.15, 0.2) is 24.3 Å². The molecular formula is C12H17NO2. The highest BCUT2D eigenvalue weighted by Gasteiger charge is 2.09. The molecule has 1 aromatic rings. The summed E-state index contributed by atoms with van der Waals surface area (Å²) in [5.74, 6) is 0.913. The summed E-state index contributed by atoms with van der Waals surface area (Å²) in [6.07, 6.45) is 1.16. The summed E-state index contributed by atoms with van der Waals surface area (Å²) < 4.78 is 5.20. The van der Waals surface area contributed by atoms with Gasteiger partial charge in [-0.05, 0) is 25.0 Å². The molecule has 0 spiro atoms. The van der Waals surface area contributed by atoms with Crippen LogP contribution in [0.25, 0.3) is 0 Å². The first-order valence-corrected chi connectivity index (χ1v) is 5.05. The van der Waals surface area contributed by atoms with Gasteiger partial charge >= 0.3 is 0 Å². The summed E-state index contributed by atoms with van der Waals surface area (Å²) in [5.41, 5.74) is 6.54. The minimum Gasteiger partial charge on any atom is -0.496 e. The Morgan fingerprint density at radius 3 is 2.73 bits per heavy atom. The lowest BCUT2D eigenvalue weighted by Crippen LogP contribution is -2.26. The Balaban J connectivity index is 2.61. The quantitative estimate of drug-likeness (QED) is 0.796. The highest BCUT2D eigenvalue weighted by molar-refractivity contribution is 5.83. The summed E-state index contributed by atoms with van der Waals surface area (Å²) in [6.45, 7) is 1.71. The summed E-state index contributed by atoms with van der Waals surface area (Å²) in [7, 11) is 1.63. The highest BCUT2D eigenvalue weighted by Crippen LogP contribution is 2.18. The van der Waals surface area contributed by atoms with Gasteiger partial charge in [-0.2, -0.15) is 0 Å². The van der Waals surface area contributed by atoms with Crippen LogP contribution >= 0.6 is 0 Å². The minimum atomic E-state index is -0.375. The number of carbonyl (C=O) groups excluding carboxylic acids is 1. The zero-order valence-electron chi connectivity index (χ0n) is 9.19. The van der Waals surface area contributed by atoms with Crippen LogP contribution in [0.1, 0.15) is 18.9 Å². The number of Topliss-reactive ketones (excluding diaryl/α,β-unsaturated/α-hetero) is 1. The third-order valence-corrected chi connectivity index (χ3v) is 2.34. The van der Waals surface area contributed by atoms with Crippen molar-refractivity contribution in [2.45, 2.75) is 25.8 Å². The van der Waals surface area contributed by atoms with E-state index in [0.717, 1.165) is 11.3 Å². The predicted molar refractivity (Wildman–Crippen MR) is 60.0 cm³/mol. The standard InChI is InChI=1S/C12H17NO2/c1-9(13)11(14)8-7-10-5-3-4-6-12(10)15-2/h3-6,9H,7-8,13H2,1-2H3. The van der Waals surface area contributed by atoms with Crippen LogP contribution in [-0.4, -0.2) is 18.9 Å². The maximum absolute atomic E-state index is 11.3. The lowest BCUT2D eigenvalue weighted by atomic mass is 10.0. The van der Waals surface area contributed by atoms with Crippen molar-refractivity contribution in [3.63, 3.8) is 0 Å². The van der Waals surface area contributed by atoms with E-state index in [1.807, 2.05) is 24.3 Å². The molecule has 0 amide bonds. The van der Waals surface area contributed by atoms with E-state index in [1.54, 1.807) is 14.0 Å². The Hall–Kier alpha value is -1.35. The number of ketones is 1. The van der Waals surface area contributed by atoms with E-state index >= 15 is 0 Å². The van der Waals surface area contributed by atoms with Gasteiger partial charge in [-0.15, -0.1) is 0 Å². The zero-order chi connectivity index (χ0) is 11.3. The molecule has 0 aliphatic heterocycles. The van der Waals surface area contributed by atoms with Crippen molar-refractivity contribution in [2.75, 3.05) is 7.11 Å². The zero-order valence-corrected chi connectivity index (χ0v) is 9.19. The molecule has 0 radical (unpaired) electrons. The fourth-order valence-electron chi connectivity index (χ4n) is 1.40. The van der Waals surface area contributed by atoms with Crippen molar-refractivity contribution in [2.24, 2.45) is 5.73 Å². The van der Waals surface area contributed by atoms with Gasteiger partial charge < -0.3 is 10.5 Å². The van der Waals surface area contributed by atoms with E-state index in [-0.39, 0.29) is 11.8 Å². The van der Waals surface area contributed by atoms with E-state index in [0.29, 0.717) is 12.8 Å². The second-order valence-corrected chi connectivity index (χ2v) is 3.57. The number of hydrogen-bond acceptors (Lipinski definition) is 3. The third-order valence-electron chi connectivity index (χ3n) is 2.34. The van der Waals surface area contributed by atoms with Crippen LogP contribution in [0.5, 0.6) is 5.75 Å². The molecule has 82 valence electrons. The molecule has 2 N–H and O–H groups in total. The fraction of sp³-hybridized carbons (Fsp3) is 0.417. The van der Waals surface area contributed by atoms with Crippen molar-refractivity contribution in [1.82, 2.24) is 0 Å². The Bertz CT molecular complexity index is 334. The van der Waals surface area contributed by atoms with E-state index < -0.39 is 0 Å². The number of aryl methyl sites for hydroxylation is 1. The van der Waals surface area contributed by atoms with Gasteiger partial charge in [-0.25, -0.2) is 0 Å². The summed E-state index contributed by atoms with van der Waals surface area (Å²) >= 11 is 0. The molecular weight excluding hydrogens is 190 g/mol. The van der Waals surface area contributed by atoms with Gasteiger partial charge in [0.2, 0.25) is 0 Å². The molecule has 0 fully saturated rings. The lowest BCUT2D eigenvalue weighted by Gasteiger charge is -2.08.